The molecule has 1 atom stereocenters. The van der Waals surface area contributed by atoms with E-state index in [1.54, 1.807) is 12.1 Å². The van der Waals surface area contributed by atoms with Gasteiger partial charge in [-0.25, -0.2) is 4.39 Å². The van der Waals surface area contributed by atoms with Crippen LogP contribution in [0.15, 0.2) is 24.3 Å². The maximum Gasteiger partial charge on any atom is 0.303 e. The first-order valence-corrected chi connectivity index (χ1v) is 6.37. The van der Waals surface area contributed by atoms with Crippen LogP contribution in [0.5, 0.6) is 0 Å². The van der Waals surface area contributed by atoms with E-state index in [0.29, 0.717) is 12.3 Å². The molecule has 1 aromatic rings. The summed E-state index contributed by atoms with van der Waals surface area (Å²) in [5.74, 6) is -0.559. The molecule has 1 fully saturated rings. The summed E-state index contributed by atoms with van der Waals surface area (Å²) < 4.78 is 13.2. The summed E-state index contributed by atoms with van der Waals surface area (Å²) in [7, 11) is 0. The number of halogens is 1. The number of nitrogens with zero attached hydrogens (tertiary/aromatic N) is 1. The number of hydrogen-bond donors (Lipinski definition) is 1. The Morgan fingerprint density at radius 2 is 2.33 bits per heavy atom. The molecule has 1 heterocycles. The van der Waals surface area contributed by atoms with E-state index < -0.39 is 5.97 Å². The number of benzene rings is 1. The van der Waals surface area contributed by atoms with E-state index in [1.807, 2.05) is 6.07 Å². The van der Waals surface area contributed by atoms with Gasteiger partial charge >= 0.3 is 5.97 Å². The third-order valence-corrected chi connectivity index (χ3v) is 3.46. The zero-order valence-corrected chi connectivity index (χ0v) is 10.3. The van der Waals surface area contributed by atoms with Crippen molar-refractivity contribution in [1.29, 1.82) is 0 Å². The number of rotatable bonds is 4. The molecular formula is C14H18FNO2. The van der Waals surface area contributed by atoms with E-state index in [2.05, 4.69) is 4.90 Å². The molecule has 2 rings (SSSR count). The number of anilines is 1. The van der Waals surface area contributed by atoms with Crippen LogP contribution in [0.3, 0.4) is 0 Å². The second-order valence-corrected chi connectivity index (χ2v) is 4.87. The largest absolute Gasteiger partial charge is 0.481 e. The molecule has 1 aromatic carbocycles. The van der Waals surface area contributed by atoms with E-state index in [-0.39, 0.29) is 12.2 Å². The molecule has 4 heteroatoms. The van der Waals surface area contributed by atoms with Gasteiger partial charge in [-0.1, -0.05) is 6.07 Å². The molecule has 98 valence electrons. The Labute approximate surface area is 106 Å². The van der Waals surface area contributed by atoms with Crippen molar-refractivity contribution in [3.05, 3.63) is 30.1 Å². The number of aliphatic carboxylic acids is 1. The van der Waals surface area contributed by atoms with Crippen LogP contribution in [-0.2, 0) is 4.79 Å². The van der Waals surface area contributed by atoms with Crippen molar-refractivity contribution >= 4 is 11.7 Å². The zero-order chi connectivity index (χ0) is 13.0. The number of piperidine rings is 1. The minimum absolute atomic E-state index is 0.222. The van der Waals surface area contributed by atoms with Crippen LogP contribution in [0.25, 0.3) is 0 Å². The highest BCUT2D eigenvalue weighted by molar-refractivity contribution is 5.66. The van der Waals surface area contributed by atoms with Crippen LogP contribution in [0, 0.1) is 11.7 Å². The molecule has 1 saturated heterocycles. The fourth-order valence-electron chi connectivity index (χ4n) is 2.54. The van der Waals surface area contributed by atoms with E-state index in [1.165, 1.54) is 6.07 Å². The molecule has 0 bridgehead atoms. The second-order valence-electron chi connectivity index (χ2n) is 4.87. The first-order chi connectivity index (χ1) is 8.65. The van der Waals surface area contributed by atoms with Crippen molar-refractivity contribution in [1.82, 2.24) is 0 Å². The third-order valence-electron chi connectivity index (χ3n) is 3.46. The van der Waals surface area contributed by atoms with Gasteiger partial charge < -0.3 is 10.0 Å². The molecule has 1 aliphatic heterocycles. The SMILES string of the molecule is O=C(O)CCC1CCCN(c2cccc(F)c2)C1. The van der Waals surface area contributed by atoms with Crippen LogP contribution in [0.1, 0.15) is 25.7 Å². The van der Waals surface area contributed by atoms with Crippen molar-refractivity contribution in [2.75, 3.05) is 18.0 Å². The average Bonchev–Trinajstić information content (AvgIpc) is 2.37. The quantitative estimate of drug-likeness (QED) is 0.894. The summed E-state index contributed by atoms with van der Waals surface area (Å²) in [4.78, 5) is 12.7. The monoisotopic (exact) mass is 251 g/mol. The summed E-state index contributed by atoms with van der Waals surface area (Å²) in [6, 6.07) is 6.60. The Balaban J connectivity index is 1.96. The highest BCUT2D eigenvalue weighted by Gasteiger charge is 2.20. The summed E-state index contributed by atoms with van der Waals surface area (Å²) in [6.07, 6.45) is 3.04. The Kier molecular flexibility index (Phi) is 4.18. The van der Waals surface area contributed by atoms with E-state index in [0.717, 1.165) is 31.6 Å². The van der Waals surface area contributed by atoms with Gasteiger partial charge in [-0.2, -0.15) is 0 Å². The van der Waals surface area contributed by atoms with Crippen LogP contribution in [0.2, 0.25) is 0 Å². The van der Waals surface area contributed by atoms with Gasteiger partial charge in [0, 0.05) is 25.2 Å². The molecule has 0 saturated carbocycles. The lowest BCUT2D eigenvalue weighted by molar-refractivity contribution is -0.137. The fourth-order valence-corrected chi connectivity index (χ4v) is 2.54. The first kappa shape index (κ1) is 12.9. The highest BCUT2D eigenvalue weighted by atomic mass is 19.1. The summed E-state index contributed by atoms with van der Waals surface area (Å²) in [5, 5.41) is 8.70. The zero-order valence-electron chi connectivity index (χ0n) is 10.3. The average molecular weight is 251 g/mol. The Hall–Kier alpha value is -1.58. The van der Waals surface area contributed by atoms with E-state index >= 15 is 0 Å². The minimum atomic E-state index is -0.738. The van der Waals surface area contributed by atoms with Crippen LogP contribution < -0.4 is 4.90 Å². The molecule has 1 N–H and O–H groups in total. The summed E-state index contributed by atoms with van der Waals surface area (Å²) in [6.45, 7) is 1.75. The fraction of sp³-hybridized carbons (Fsp3) is 0.500. The molecule has 1 unspecified atom stereocenters. The number of carbonyl (C=O) groups is 1. The van der Waals surface area contributed by atoms with Crippen LogP contribution in [0.4, 0.5) is 10.1 Å². The van der Waals surface area contributed by atoms with Gasteiger partial charge in [0.2, 0.25) is 0 Å². The molecule has 0 spiro atoms. The maximum absolute atomic E-state index is 13.2. The number of carboxylic acids is 1. The molecule has 1 aliphatic rings. The van der Waals surface area contributed by atoms with Gasteiger partial charge in [0.25, 0.3) is 0 Å². The number of hydrogen-bond acceptors (Lipinski definition) is 2. The summed E-state index contributed by atoms with van der Waals surface area (Å²) in [5.41, 5.74) is 0.898. The third kappa shape index (κ3) is 3.45. The standard InChI is InChI=1S/C14H18FNO2/c15-12-4-1-5-13(9-12)16-8-2-3-11(10-16)6-7-14(17)18/h1,4-5,9,11H,2-3,6-8,10H2,(H,17,18). The van der Waals surface area contributed by atoms with E-state index in [4.69, 9.17) is 5.11 Å². The van der Waals surface area contributed by atoms with E-state index in [9.17, 15) is 9.18 Å². The van der Waals surface area contributed by atoms with Crippen LogP contribution in [-0.4, -0.2) is 24.2 Å². The summed E-state index contributed by atoms with van der Waals surface area (Å²) >= 11 is 0. The molecule has 0 aliphatic carbocycles. The molecule has 0 radical (unpaired) electrons. The van der Waals surface area contributed by atoms with Gasteiger partial charge in [-0.05, 0) is 43.4 Å². The predicted molar refractivity (Wildman–Crippen MR) is 68.2 cm³/mol. The molecular weight excluding hydrogens is 233 g/mol. The molecule has 3 nitrogen and oxygen atoms in total. The Bertz CT molecular complexity index is 422. The topological polar surface area (TPSA) is 40.5 Å². The van der Waals surface area contributed by atoms with Crippen molar-refractivity contribution < 1.29 is 14.3 Å². The molecule has 18 heavy (non-hydrogen) atoms. The van der Waals surface area contributed by atoms with Crippen LogP contribution >= 0.6 is 0 Å². The van der Waals surface area contributed by atoms with Gasteiger partial charge in [-0.3, -0.25) is 4.79 Å². The van der Waals surface area contributed by atoms with Gasteiger partial charge in [0.15, 0.2) is 0 Å². The van der Waals surface area contributed by atoms with Gasteiger partial charge in [0.1, 0.15) is 5.82 Å². The normalized spacial score (nSPS) is 19.8. The van der Waals surface area contributed by atoms with Crippen molar-refractivity contribution in [2.24, 2.45) is 5.92 Å². The van der Waals surface area contributed by atoms with Gasteiger partial charge in [-0.15, -0.1) is 0 Å². The second kappa shape index (κ2) is 5.85. The lowest BCUT2D eigenvalue weighted by atomic mass is 9.93. The Morgan fingerprint density at radius 3 is 3.06 bits per heavy atom. The minimum Gasteiger partial charge on any atom is -0.481 e. The molecule has 0 aromatic heterocycles. The van der Waals surface area contributed by atoms with Crippen molar-refractivity contribution in [3.63, 3.8) is 0 Å². The lowest BCUT2D eigenvalue weighted by Gasteiger charge is -2.34. The smallest absolute Gasteiger partial charge is 0.303 e. The maximum atomic E-state index is 13.2. The highest BCUT2D eigenvalue weighted by Crippen LogP contribution is 2.26. The predicted octanol–water partition coefficient (Wildman–Crippen LogP) is 2.91. The molecule has 0 amide bonds. The van der Waals surface area contributed by atoms with Crippen molar-refractivity contribution in [2.45, 2.75) is 25.7 Å². The Morgan fingerprint density at radius 1 is 1.50 bits per heavy atom. The first-order valence-electron chi connectivity index (χ1n) is 6.37. The van der Waals surface area contributed by atoms with Crippen molar-refractivity contribution in [3.8, 4) is 0 Å². The van der Waals surface area contributed by atoms with Gasteiger partial charge in [0.05, 0.1) is 0 Å². The lowest BCUT2D eigenvalue weighted by Crippen LogP contribution is -2.35. The number of carboxylic acid groups (broad SMARTS) is 1.